The normalized spacial score (nSPS) is 13.3. The largest absolute Gasteiger partial charge is 0.387 e. The van der Waals surface area contributed by atoms with Crippen LogP contribution in [0.3, 0.4) is 0 Å². The topological polar surface area (TPSA) is 98.1 Å². The molecule has 6 heteroatoms. The molecule has 0 fully saturated rings. The van der Waals surface area contributed by atoms with Crippen LogP contribution in [0.1, 0.15) is 16.7 Å². The van der Waals surface area contributed by atoms with Crippen molar-refractivity contribution in [1.82, 2.24) is 0 Å². The predicted octanol–water partition coefficient (Wildman–Crippen LogP) is 3.77. The first-order valence-corrected chi connectivity index (χ1v) is 8.49. The van der Waals surface area contributed by atoms with Crippen molar-refractivity contribution >= 4 is 29.1 Å². The van der Waals surface area contributed by atoms with Crippen molar-refractivity contribution in [3.63, 3.8) is 0 Å². The van der Waals surface area contributed by atoms with Gasteiger partial charge in [-0.15, -0.1) is 0 Å². The third-order valence-corrected chi connectivity index (χ3v) is 4.04. The van der Waals surface area contributed by atoms with Gasteiger partial charge in [0.15, 0.2) is 0 Å². The fourth-order valence-corrected chi connectivity index (χ4v) is 2.70. The van der Waals surface area contributed by atoms with E-state index in [1.807, 2.05) is 18.2 Å². The molecule has 0 radical (unpaired) electrons. The zero-order valence-corrected chi connectivity index (χ0v) is 14.7. The monoisotopic (exact) mass is 361 g/mol. The number of fused-ring (bicyclic) bond motifs is 1. The lowest BCUT2D eigenvalue weighted by atomic mass is 10.0. The van der Waals surface area contributed by atoms with E-state index in [-0.39, 0.29) is 17.4 Å². The van der Waals surface area contributed by atoms with Crippen LogP contribution in [0, 0.1) is 16.6 Å². The van der Waals surface area contributed by atoms with Crippen LogP contribution in [0.5, 0.6) is 0 Å². The highest BCUT2D eigenvalue weighted by Crippen LogP contribution is 2.22. The van der Waals surface area contributed by atoms with Gasteiger partial charge < -0.3 is 16.5 Å². The Labute approximate surface area is 157 Å². The van der Waals surface area contributed by atoms with Crippen LogP contribution in [0.2, 0.25) is 0 Å². The molecule has 5 nitrogen and oxygen atoms in total. The Bertz CT molecular complexity index is 955. The van der Waals surface area contributed by atoms with E-state index >= 15 is 0 Å². The second-order valence-electron chi connectivity index (χ2n) is 6.12. The summed E-state index contributed by atoms with van der Waals surface area (Å²) in [4.78, 5) is 4.06. The molecule has 3 rings (SSSR count). The van der Waals surface area contributed by atoms with Crippen molar-refractivity contribution in [3.05, 3.63) is 83.2 Å². The second-order valence-corrected chi connectivity index (χ2v) is 6.12. The van der Waals surface area contributed by atoms with Gasteiger partial charge in [-0.3, -0.25) is 5.41 Å². The molecule has 27 heavy (non-hydrogen) atoms. The number of hydrogen-bond donors (Lipinski definition) is 4. The Hall–Kier alpha value is -3.54. The van der Waals surface area contributed by atoms with Gasteiger partial charge in [-0.25, -0.2) is 9.38 Å². The average molecular weight is 361 g/mol. The zero-order valence-electron chi connectivity index (χ0n) is 14.7. The predicted molar refractivity (Wildman–Crippen MR) is 109 cm³/mol. The first-order chi connectivity index (χ1) is 13.0. The first-order valence-electron chi connectivity index (χ1n) is 8.49. The highest BCUT2D eigenvalue weighted by molar-refractivity contribution is 6.11. The smallest absolute Gasteiger partial charge is 0.146 e. The molecule has 0 unspecified atom stereocenters. The Morgan fingerprint density at radius 1 is 1.15 bits per heavy atom. The maximum atomic E-state index is 12.9. The minimum atomic E-state index is -0.353. The van der Waals surface area contributed by atoms with E-state index in [1.165, 1.54) is 36.4 Å². The van der Waals surface area contributed by atoms with E-state index in [0.717, 1.165) is 23.4 Å². The molecule has 1 heterocycles. The Morgan fingerprint density at radius 2 is 1.93 bits per heavy atom. The van der Waals surface area contributed by atoms with Crippen LogP contribution < -0.4 is 11.1 Å². The lowest BCUT2D eigenvalue weighted by molar-refractivity contribution is 0.628. The van der Waals surface area contributed by atoms with Crippen LogP contribution >= 0.6 is 0 Å². The molecular formula is C21H20FN5. The maximum Gasteiger partial charge on any atom is 0.146 e. The summed E-state index contributed by atoms with van der Waals surface area (Å²) >= 11 is 0. The van der Waals surface area contributed by atoms with Crippen LogP contribution in [0.15, 0.2) is 65.7 Å². The van der Waals surface area contributed by atoms with E-state index in [2.05, 4.69) is 22.5 Å². The van der Waals surface area contributed by atoms with Gasteiger partial charge in [0.05, 0.1) is 5.71 Å². The second kappa shape index (κ2) is 8.23. The van der Waals surface area contributed by atoms with Gasteiger partial charge in [-0.2, -0.15) is 0 Å². The summed E-state index contributed by atoms with van der Waals surface area (Å²) in [5, 5.41) is 19.1. The van der Waals surface area contributed by atoms with Gasteiger partial charge >= 0.3 is 0 Å². The first kappa shape index (κ1) is 18.3. The van der Waals surface area contributed by atoms with Gasteiger partial charge in [0.25, 0.3) is 0 Å². The molecule has 0 aliphatic carbocycles. The lowest BCUT2D eigenvalue weighted by Crippen LogP contribution is -2.17. The zero-order chi connectivity index (χ0) is 19.2. The maximum absolute atomic E-state index is 12.9. The van der Waals surface area contributed by atoms with Crippen LogP contribution in [-0.4, -0.2) is 23.9 Å². The molecule has 2 aromatic rings. The molecule has 0 bridgehead atoms. The number of anilines is 1. The van der Waals surface area contributed by atoms with Gasteiger partial charge in [-0.05, 0) is 65.2 Å². The number of nitrogens with zero attached hydrogens (tertiary/aromatic N) is 1. The van der Waals surface area contributed by atoms with E-state index in [9.17, 15) is 4.39 Å². The number of nitrogens with one attached hydrogen (secondary N) is 3. The molecule has 2 aromatic carbocycles. The summed E-state index contributed by atoms with van der Waals surface area (Å²) in [6, 6.07) is 11.7. The molecule has 0 saturated carbocycles. The molecule has 0 amide bonds. The Morgan fingerprint density at radius 3 is 2.70 bits per heavy atom. The number of rotatable bonds is 5. The number of benzene rings is 2. The van der Waals surface area contributed by atoms with Crippen molar-refractivity contribution < 1.29 is 4.39 Å². The standard InChI is InChI=1S/C21H20FN5/c22-17-6-4-15(5-7-17)18(23)8-10-20(24)27-21(25)13-14-3-9-19-16(12-14)2-1-11-26-19/h1-10,12,23,26H,11,13H2,(H3,24,25,27)/b10-8-,23-18?. The van der Waals surface area contributed by atoms with Crippen molar-refractivity contribution in [2.75, 3.05) is 11.9 Å². The lowest BCUT2D eigenvalue weighted by Gasteiger charge is -2.14. The van der Waals surface area contributed by atoms with Gasteiger partial charge in [0.1, 0.15) is 17.5 Å². The molecule has 0 saturated heterocycles. The molecule has 1 aliphatic rings. The Kier molecular flexibility index (Phi) is 5.56. The fraction of sp³-hybridized carbons (Fsp3) is 0.0952. The molecule has 0 spiro atoms. The molecule has 5 N–H and O–H groups in total. The SMILES string of the molecule is N=C(/C=C\C(=N)c1ccc(F)cc1)N=C(N)Cc1ccc2c(c1)C=CCN2. The Balaban J connectivity index is 1.62. The molecular weight excluding hydrogens is 341 g/mol. The van der Waals surface area contributed by atoms with Crippen molar-refractivity contribution in [3.8, 4) is 0 Å². The van der Waals surface area contributed by atoms with E-state index in [4.69, 9.17) is 16.6 Å². The highest BCUT2D eigenvalue weighted by Gasteiger charge is 2.06. The summed E-state index contributed by atoms with van der Waals surface area (Å²) in [6.45, 7) is 0.826. The fourth-order valence-electron chi connectivity index (χ4n) is 2.70. The molecule has 1 aliphatic heterocycles. The van der Waals surface area contributed by atoms with Crippen molar-refractivity contribution in [2.45, 2.75) is 6.42 Å². The average Bonchev–Trinajstić information content (AvgIpc) is 2.66. The summed E-state index contributed by atoms with van der Waals surface area (Å²) < 4.78 is 12.9. The quantitative estimate of drug-likeness (QED) is 0.482. The van der Waals surface area contributed by atoms with Crippen LogP contribution in [0.25, 0.3) is 6.08 Å². The van der Waals surface area contributed by atoms with Crippen LogP contribution in [0.4, 0.5) is 10.1 Å². The summed E-state index contributed by atoms with van der Waals surface area (Å²) in [5.74, 6) is -0.0707. The number of hydrogen-bond acceptors (Lipinski definition) is 3. The van der Waals surface area contributed by atoms with Crippen LogP contribution in [-0.2, 0) is 6.42 Å². The number of aliphatic imine (C=N–C) groups is 1. The minimum absolute atomic E-state index is 0.0427. The van der Waals surface area contributed by atoms with Crippen molar-refractivity contribution in [1.29, 1.82) is 10.8 Å². The van der Waals surface area contributed by atoms with E-state index in [1.54, 1.807) is 0 Å². The van der Waals surface area contributed by atoms with Gasteiger partial charge in [-0.1, -0.05) is 18.2 Å². The number of halogens is 1. The summed E-state index contributed by atoms with van der Waals surface area (Å²) in [5.41, 5.74) is 9.90. The van der Waals surface area contributed by atoms with Gasteiger partial charge in [0.2, 0.25) is 0 Å². The van der Waals surface area contributed by atoms with Gasteiger partial charge in [0, 0.05) is 18.7 Å². The van der Waals surface area contributed by atoms with E-state index in [0.29, 0.717) is 17.8 Å². The van der Waals surface area contributed by atoms with Crippen molar-refractivity contribution in [2.24, 2.45) is 10.7 Å². The highest BCUT2D eigenvalue weighted by atomic mass is 19.1. The molecule has 0 aromatic heterocycles. The van der Waals surface area contributed by atoms with E-state index < -0.39 is 0 Å². The number of allylic oxidation sites excluding steroid dienone is 1. The molecule has 136 valence electrons. The summed E-state index contributed by atoms with van der Waals surface area (Å²) in [6.07, 6.45) is 7.40. The summed E-state index contributed by atoms with van der Waals surface area (Å²) in [7, 11) is 0. The number of amidine groups is 2. The minimum Gasteiger partial charge on any atom is -0.387 e. The third kappa shape index (κ3) is 4.98. The number of nitrogens with two attached hydrogens (primary N) is 1. The molecule has 0 atom stereocenters. The third-order valence-electron chi connectivity index (χ3n) is 4.04.